The summed E-state index contributed by atoms with van der Waals surface area (Å²) in [4.78, 5) is 6.67. The molecule has 0 fully saturated rings. The van der Waals surface area contributed by atoms with Crippen LogP contribution in [0.3, 0.4) is 0 Å². The Balaban J connectivity index is 2.81. The molecule has 0 saturated carbocycles. The van der Waals surface area contributed by atoms with Gasteiger partial charge in [0.1, 0.15) is 0 Å². The molecular formula is C7H11BrN2O2S. The molecule has 74 valence electrons. The second kappa shape index (κ2) is 3.79. The molecule has 0 saturated heterocycles. The summed E-state index contributed by atoms with van der Waals surface area (Å²) in [5.41, 5.74) is 0.612. The summed E-state index contributed by atoms with van der Waals surface area (Å²) in [6, 6.07) is 0. The van der Waals surface area contributed by atoms with Crippen molar-refractivity contribution in [3.05, 3.63) is 16.6 Å². The minimum absolute atomic E-state index is 0.0171. The predicted molar refractivity (Wildman–Crippen MR) is 54.0 cm³/mol. The molecule has 4 nitrogen and oxygen atoms in total. The topological polar surface area (TPSA) is 62.8 Å². The molecule has 0 aliphatic rings. The summed E-state index contributed by atoms with van der Waals surface area (Å²) in [6.45, 7) is 3.33. The minimum atomic E-state index is -3.03. The maximum Gasteiger partial charge on any atom is 0.174 e. The van der Waals surface area contributed by atoms with E-state index in [1.165, 1.54) is 6.20 Å². The molecule has 0 spiro atoms. The Labute approximate surface area is 85.8 Å². The smallest absolute Gasteiger partial charge is 0.174 e. The van der Waals surface area contributed by atoms with Gasteiger partial charge in [-0.05, 0) is 29.8 Å². The van der Waals surface area contributed by atoms with E-state index in [9.17, 15) is 8.42 Å². The van der Waals surface area contributed by atoms with Crippen LogP contribution in [0.5, 0.6) is 0 Å². The van der Waals surface area contributed by atoms with Crippen LogP contribution in [-0.4, -0.2) is 23.6 Å². The molecule has 0 aliphatic heterocycles. The third kappa shape index (κ3) is 2.80. The summed E-state index contributed by atoms with van der Waals surface area (Å²) < 4.78 is 23.4. The van der Waals surface area contributed by atoms with Crippen LogP contribution < -0.4 is 0 Å². The fourth-order valence-corrected chi connectivity index (χ4v) is 2.06. The van der Waals surface area contributed by atoms with E-state index in [1.807, 2.05) is 0 Å². The van der Waals surface area contributed by atoms with Gasteiger partial charge in [0.2, 0.25) is 0 Å². The summed E-state index contributed by atoms with van der Waals surface area (Å²) in [5, 5.41) is -0.352. The van der Waals surface area contributed by atoms with Gasteiger partial charge in [0, 0.05) is 0 Å². The Kier molecular flexibility index (Phi) is 3.13. The van der Waals surface area contributed by atoms with Gasteiger partial charge >= 0.3 is 0 Å². The monoisotopic (exact) mass is 266 g/mol. The lowest BCUT2D eigenvalue weighted by molar-refractivity contribution is 0.586. The molecule has 1 heterocycles. The van der Waals surface area contributed by atoms with Gasteiger partial charge in [0.15, 0.2) is 14.6 Å². The molecule has 0 radical (unpaired) electrons. The first kappa shape index (κ1) is 10.7. The average molecular weight is 267 g/mol. The van der Waals surface area contributed by atoms with E-state index >= 15 is 0 Å². The van der Waals surface area contributed by atoms with Crippen molar-refractivity contribution >= 4 is 25.8 Å². The molecule has 0 unspecified atom stereocenters. The lowest BCUT2D eigenvalue weighted by Gasteiger charge is -2.04. The largest absolute Gasteiger partial charge is 0.336 e. The van der Waals surface area contributed by atoms with Crippen molar-refractivity contribution in [1.29, 1.82) is 0 Å². The van der Waals surface area contributed by atoms with Gasteiger partial charge in [-0.15, -0.1) is 0 Å². The van der Waals surface area contributed by atoms with Gasteiger partial charge in [0.05, 0.1) is 22.9 Å². The van der Waals surface area contributed by atoms with Crippen molar-refractivity contribution < 1.29 is 8.42 Å². The van der Waals surface area contributed by atoms with Crippen LogP contribution in [0.15, 0.2) is 10.9 Å². The second-order valence-corrected chi connectivity index (χ2v) is 6.36. The van der Waals surface area contributed by atoms with Crippen LogP contribution in [0.2, 0.25) is 0 Å². The number of hydrogen-bond acceptors (Lipinski definition) is 3. The highest BCUT2D eigenvalue weighted by atomic mass is 79.9. The number of imidazole rings is 1. The van der Waals surface area contributed by atoms with Crippen molar-refractivity contribution in [2.75, 3.05) is 0 Å². The molecule has 0 amide bonds. The Morgan fingerprint density at radius 2 is 2.23 bits per heavy atom. The molecule has 1 aromatic rings. The molecule has 1 N–H and O–H groups in total. The average Bonchev–Trinajstić information content (AvgIpc) is 2.34. The number of aromatic nitrogens is 2. The molecule has 13 heavy (non-hydrogen) atoms. The fraction of sp³-hybridized carbons (Fsp3) is 0.571. The van der Waals surface area contributed by atoms with Crippen LogP contribution in [0.4, 0.5) is 0 Å². The highest BCUT2D eigenvalue weighted by Gasteiger charge is 2.17. The lowest BCUT2D eigenvalue weighted by atomic mass is 10.6. The number of rotatable bonds is 3. The van der Waals surface area contributed by atoms with Crippen molar-refractivity contribution in [2.24, 2.45) is 0 Å². The van der Waals surface area contributed by atoms with Crippen molar-refractivity contribution in [3.8, 4) is 0 Å². The Morgan fingerprint density at radius 1 is 1.62 bits per heavy atom. The maximum absolute atomic E-state index is 11.4. The normalized spacial score (nSPS) is 12.3. The predicted octanol–water partition coefficient (Wildman–Crippen LogP) is 1.50. The zero-order valence-corrected chi connectivity index (χ0v) is 9.81. The van der Waals surface area contributed by atoms with Crippen molar-refractivity contribution in [1.82, 2.24) is 9.97 Å². The first-order valence-corrected chi connectivity index (χ1v) is 6.33. The van der Waals surface area contributed by atoms with E-state index in [4.69, 9.17) is 0 Å². The van der Waals surface area contributed by atoms with E-state index in [0.29, 0.717) is 10.4 Å². The molecule has 0 atom stereocenters. The number of nitrogens with one attached hydrogen (secondary N) is 1. The van der Waals surface area contributed by atoms with Gasteiger partial charge in [-0.2, -0.15) is 0 Å². The van der Waals surface area contributed by atoms with Crippen LogP contribution in [-0.2, 0) is 15.6 Å². The SMILES string of the molecule is CC(C)S(=O)(=O)Cc1cnc(Br)[nH]1. The highest BCUT2D eigenvalue weighted by molar-refractivity contribution is 9.10. The van der Waals surface area contributed by atoms with Gasteiger partial charge in [-0.1, -0.05) is 0 Å². The van der Waals surface area contributed by atoms with Gasteiger partial charge in [0.25, 0.3) is 0 Å². The quantitative estimate of drug-likeness (QED) is 0.902. The van der Waals surface area contributed by atoms with Crippen molar-refractivity contribution in [2.45, 2.75) is 24.9 Å². The van der Waals surface area contributed by atoms with Crippen LogP contribution in [0.1, 0.15) is 19.5 Å². The van der Waals surface area contributed by atoms with Crippen molar-refractivity contribution in [3.63, 3.8) is 0 Å². The maximum atomic E-state index is 11.4. The number of hydrogen-bond donors (Lipinski definition) is 1. The van der Waals surface area contributed by atoms with E-state index in [1.54, 1.807) is 13.8 Å². The van der Waals surface area contributed by atoms with E-state index in [2.05, 4.69) is 25.9 Å². The first-order chi connectivity index (χ1) is 5.92. The highest BCUT2D eigenvalue weighted by Crippen LogP contribution is 2.11. The summed E-state index contributed by atoms with van der Waals surface area (Å²) in [7, 11) is -3.03. The van der Waals surface area contributed by atoms with Crippen LogP contribution >= 0.6 is 15.9 Å². The Morgan fingerprint density at radius 3 is 2.62 bits per heavy atom. The number of sulfone groups is 1. The Bertz CT molecular complexity index is 383. The molecule has 1 rings (SSSR count). The molecule has 0 aromatic carbocycles. The third-order valence-electron chi connectivity index (χ3n) is 1.67. The minimum Gasteiger partial charge on any atom is -0.336 e. The second-order valence-electron chi connectivity index (χ2n) is 3.06. The van der Waals surface area contributed by atoms with Crippen LogP contribution in [0, 0.1) is 0 Å². The van der Waals surface area contributed by atoms with E-state index in [0.717, 1.165) is 0 Å². The zero-order chi connectivity index (χ0) is 10.1. The molecular weight excluding hydrogens is 256 g/mol. The number of nitrogens with zero attached hydrogens (tertiary/aromatic N) is 1. The van der Waals surface area contributed by atoms with Gasteiger partial charge < -0.3 is 4.98 Å². The third-order valence-corrected chi connectivity index (χ3v) is 4.23. The van der Waals surface area contributed by atoms with E-state index in [-0.39, 0.29) is 11.0 Å². The standard InChI is InChI=1S/C7H11BrN2O2S/c1-5(2)13(11,12)4-6-3-9-7(8)10-6/h3,5H,4H2,1-2H3,(H,9,10). The summed E-state index contributed by atoms with van der Waals surface area (Å²) in [5.74, 6) is 0.0171. The zero-order valence-electron chi connectivity index (χ0n) is 7.41. The van der Waals surface area contributed by atoms with Crippen LogP contribution in [0.25, 0.3) is 0 Å². The fourth-order valence-electron chi connectivity index (χ4n) is 0.788. The molecule has 0 aliphatic carbocycles. The number of halogens is 1. The lowest BCUT2D eigenvalue weighted by Crippen LogP contribution is -2.16. The molecule has 0 bridgehead atoms. The Hall–Kier alpha value is -0.360. The number of aromatic amines is 1. The summed E-state index contributed by atoms with van der Waals surface area (Å²) >= 11 is 3.12. The van der Waals surface area contributed by atoms with E-state index < -0.39 is 9.84 Å². The summed E-state index contributed by atoms with van der Waals surface area (Å²) in [6.07, 6.45) is 1.52. The molecule has 6 heteroatoms. The molecule has 1 aromatic heterocycles. The first-order valence-electron chi connectivity index (χ1n) is 3.83. The van der Waals surface area contributed by atoms with Gasteiger partial charge in [-0.3, -0.25) is 0 Å². The van der Waals surface area contributed by atoms with Gasteiger partial charge in [-0.25, -0.2) is 13.4 Å². The number of H-pyrrole nitrogens is 1.